The van der Waals surface area contributed by atoms with Crippen LogP contribution in [-0.2, 0) is 4.79 Å². The number of hydrogen-bond donors (Lipinski definition) is 3. The Morgan fingerprint density at radius 2 is 2.05 bits per heavy atom. The molecule has 1 atom stereocenters. The van der Waals surface area contributed by atoms with Crippen LogP contribution >= 0.6 is 0 Å². The Morgan fingerprint density at radius 3 is 2.63 bits per heavy atom. The van der Waals surface area contributed by atoms with Crippen molar-refractivity contribution >= 4 is 11.9 Å². The average molecular weight is 270 g/mol. The first-order valence-electron chi connectivity index (χ1n) is 6.83. The summed E-state index contributed by atoms with van der Waals surface area (Å²) in [6.45, 7) is 9.43. The van der Waals surface area contributed by atoms with Gasteiger partial charge in [0.2, 0.25) is 5.91 Å². The third kappa shape index (κ3) is 7.12. The third-order valence-corrected chi connectivity index (χ3v) is 3.15. The highest BCUT2D eigenvalue weighted by Gasteiger charge is 2.23. The Balaban J connectivity index is 2.33. The van der Waals surface area contributed by atoms with Gasteiger partial charge in [0.15, 0.2) is 0 Å². The molecule has 0 aromatic carbocycles. The van der Waals surface area contributed by atoms with Crippen LogP contribution in [-0.4, -0.2) is 48.6 Å². The van der Waals surface area contributed by atoms with Gasteiger partial charge in [0.05, 0.1) is 6.54 Å². The molecular weight excluding hydrogens is 244 g/mol. The minimum Gasteiger partial charge on any atom is -0.351 e. The van der Waals surface area contributed by atoms with Crippen molar-refractivity contribution in [3.8, 4) is 0 Å². The van der Waals surface area contributed by atoms with Gasteiger partial charge >= 0.3 is 6.03 Å². The van der Waals surface area contributed by atoms with E-state index in [2.05, 4.69) is 36.3 Å². The van der Waals surface area contributed by atoms with Crippen LogP contribution in [0.4, 0.5) is 4.79 Å². The summed E-state index contributed by atoms with van der Waals surface area (Å²) in [7, 11) is 0. The van der Waals surface area contributed by atoms with E-state index in [4.69, 9.17) is 5.73 Å². The summed E-state index contributed by atoms with van der Waals surface area (Å²) in [6, 6.07) is -0.784. The second kappa shape index (κ2) is 6.86. The van der Waals surface area contributed by atoms with Gasteiger partial charge in [-0.3, -0.25) is 15.0 Å². The highest BCUT2D eigenvalue weighted by atomic mass is 16.2. The van der Waals surface area contributed by atoms with E-state index in [9.17, 15) is 9.59 Å². The number of piperidine rings is 1. The first-order valence-corrected chi connectivity index (χ1v) is 6.83. The molecule has 3 amide bonds. The molecule has 1 aliphatic heterocycles. The van der Waals surface area contributed by atoms with E-state index < -0.39 is 6.03 Å². The van der Waals surface area contributed by atoms with Crippen LogP contribution in [0.2, 0.25) is 0 Å². The predicted molar refractivity (Wildman–Crippen MR) is 74.6 cm³/mol. The lowest BCUT2D eigenvalue weighted by molar-refractivity contribution is -0.121. The Bertz CT molecular complexity index is 325. The third-order valence-electron chi connectivity index (χ3n) is 3.15. The van der Waals surface area contributed by atoms with Crippen LogP contribution in [0.15, 0.2) is 0 Å². The number of nitrogens with two attached hydrogens (primary N) is 1. The quantitative estimate of drug-likeness (QED) is 0.685. The summed E-state index contributed by atoms with van der Waals surface area (Å²) in [5, 5.41) is 5.60. The lowest BCUT2D eigenvalue weighted by atomic mass is 9.96. The van der Waals surface area contributed by atoms with Crippen molar-refractivity contribution < 1.29 is 9.59 Å². The maximum absolute atomic E-state index is 11.5. The van der Waals surface area contributed by atoms with Gasteiger partial charge in [0.25, 0.3) is 0 Å². The molecule has 4 N–H and O–H groups in total. The molecule has 1 heterocycles. The lowest BCUT2D eigenvalue weighted by Gasteiger charge is -2.34. The topological polar surface area (TPSA) is 87.5 Å². The Hall–Kier alpha value is -1.14. The van der Waals surface area contributed by atoms with Gasteiger partial charge < -0.3 is 11.1 Å². The van der Waals surface area contributed by atoms with Crippen LogP contribution in [0.5, 0.6) is 0 Å². The molecule has 0 aromatic heterocycles. The zero-order valence-electron chi connectivity index (χ0n) is 12.2. The Kier molecular flexibility index (Phi) is 5.75. The molecule has 110 valence electrons. The molecule has 6 nitrogen and oxygen atoms in total. The van der Waals surface area contributed by atoms with Crippen LogP contribution < -0.4 is 16.4 Å². The fourth-order valence-electron chi connectivity index (χ4n) is 2.29. The van der Waals surface area contributed by atoms with Gasteiger partial charge in [0, 0.05) is 12.1 Å². The van der Waals surface area contributed by atoms with E-state index in [0.717, 1.165) is 26.1 Å². The number of amides is 3. The molecule has 0 bridgehead atoms. The molecule has 0 radical (unpaired) electrons. The molecule has 1 aliphatic rings. The Morgan fingerprint density at radius 1 is 1.37 bits per heavy atom. The van der Waals surface area contributed by atoms with E-state index in [1.807, 2.05) is 0 Å². The van der Waals surface area contributed by atoms with Crippen molar-refractivity contribution in [3.05, 3.63) is 0 Å². The molecule has 6 heteroatoms. The zero-order chi connectivity index (χ0) is 14.5. The fourth-order valence-corrected chi connectivity index (χ4v) is 2.29. The average Bonchev–Trinajstić information content (AvgIpc) is 2.24. The maximum Gasteiger partial charge on any atom is 0.318 e. The van der Waals surface area contributed by atoms with E-state index in [0.29, 0.717) is 5.92 Å². The summed E-state index contributed by atoms with van der Waals surface area (Å²) in [5.41, 5.74) is 5.04. The summed E-state index contributed by atoms with van der Waals surface area (Å²) in [4.78, 5) is 24.1. The number of likely N-dealkylation sites (tertiary alicyclic amines) is 1. The zero-order valence-corrected chi connectivity index (χ0v) is 12.2. The van der Waals surface area contributed by atoms with Crippen LogP contribution in [0.25, 0.3) is 0 Å². The SMILES string of the molecule is CC(C)(C)NCC1CCCN(CC(=O)NC(N)=O)C1. The van der Waals surface area contributed by atoms with E-state index in [1.165, 1.54) is 6.42 Å². The summed E-state index contributed by atoms with van der Waals surface area (Å²) in [6.07, 6.45) is 2.26. The molecule has 1 unspecified atom stereocenters. The summed E-state index contributed by atoms with van der Waals surface area (Å²) in [5.74, 6) is 0.228. The highest BCUT2D eigenvalue weighted by molar-refractivity contribution is 5.94. The number of carbonyl (C=O) groups excluding carboxylic acids is 2. The van der Waals surface area contributed by atoms with Crippen molar-refractivity contribution in [2.75, 3.05) is 26.2 Å². The monoisotopic (exact) mass is 270 g/mol. The lowest BCUT2D eigenvalue weighted by Crippen LogP contribution is -2.48. The van der Waals surface area contributed by atoms with Crippen LogP contribution in [0.1, 0.15) is 33.6 Å². The van der Waals surface area contributed by atoms with Gasteiger partial charge in [-0.1, -0.05) is 0 Å². The summed E-state index contributed by atoms with van der Waals surface area (Å²) >= 11 is 0. The number of nitrogens with zero attached hydrogens (tertiary/aromatic N) is 1. The molecule has 0 saturated carbocycles. The van der Waals surface area contributed by atoms with Gasteiger partial charge in [-0.2, -0.15) is 0 Å². The van der Waals surface area contributed by atoms with Crippen molar-refractivity contribution in [2.24, 2.45) is 11.7 Å². The standard InChI is InChI=1S/C13H26N4O2/c1-13(2,3)15-7-10-5-4-6-17(8-10)9-11(18)16-12(14)19/h10,15H,4-9H2,1-3H3,(H3,14,16,18,19). The van der Waals surface area contributed by atoms with Crippen molar-refractivity contribution in [1.82, 2.24) is 15.5 Å². The minimum absolute atomic E-state index is 0.117. The largest absolute Gasteiger partial charge is 0.351 e. The molecule has 0 aromatic rings. The number of primary amides is 1. The normalized spacial score (nSPS) is 21.1. The van der Waals surface area contributed by atoms with Gasteiger partial charge in [-0.15, -0.1) is 0 Å². The second-order valence-corrected chi connectivity index (χ2v) is 6.29. The van der Waals surface area contributed by atoms with E-state index in [1.54, 1.807) is 0 Å². The fraction of sp³-hybridized carbons (Fsp3) is 0.846. The van der Waals surface area contributed by atoms with Crippen LogP contribution in [0.3, 0.4) is 0 Å². The minimum atomic E-state index is -0.784. The number of nitrogens with one attached hydrogen (secondary N) is 2. The first-order chi connectivity index (χ1) is 8.76. The van der Waals surface area contributed by atoms with Gasteiger partial charge in [0.1, 0.15) is 0 Å². The molecule has 1 saturated heterocycles. The molecular formula is C13H26N4O2. The molecule has 1 fully saturated rings. The number of carbonyl (C=O) groups is 2. The van der Waals surface area contributed by atoms with Crippen LogP contribution in [0, 0.1) is 5.92 Å². The Labute approximate surface area is 115 Å². The van der Waals surface area contributed by atoms with E-state index in [-0.39, 0.29) is 18.0 Å². The highest BCUT2D eigenvalue weighted by Crippen LogP contribution is 2.16. The number of hydrogen-bond acceptors (Lipinski definition) is 4. The van der Waals surface area contributed by atoms with Crippen molar-refractivity contribution in [3.63, 3.8) is 0 Å². The number of imide groups is 1. The number of urea groups is 1. The predicted octanol–water partition coefficient (Wildman–Crippen LogP) is 0.281. The molecule has 0 aliphatic carbocycles. The molecule has 1 rings (SSSR count). The van der Waals surface area contributed by atoms with Crippen molar-refractivity contribution in [2.45, 2.75) is 39.2 Å². The second-order valence-electron chi connectivity index (χ2n) is 6.29. The van der Waals surface area contributed by atoms with Gasteiger partial charge in [-0.05, 0) is 52.6 Å². The smallest absolute Gasteiger partial charge is 0.318 e. The molecule has 0 spiro atoms. The first kappa shape index (κ1) is 15.9. The number of rotatable bonds is 4. The maximum atomic E-state index is 11.5. The van der Waals surface area contributed by atoms with Gasteiger partial charge in [-0.25, -0.2) is 4.79 Å². The molecule has 19 heavy (non-hydrogen) atoms. The van der Waals surface area contributed by atoms with E-state index >= 15 is 0 Å². The summed E-state index contributed by atoms with van der Waals surface area (Å²) < 4.78 is 0. The van der Waals surface area contributed by atoms with Crippen molar-refractivity contribution in [1.29, 1.82) is 0 Å².